The minimum atomic E-state index is -0.352. The Balaban J connectivity index is 1.69. The van der Waals surface area contributed by atoms with E-state index in [0.29, 0.717) is 5.56 Å². The number of carbonyl (C=O) groups is 1. The van der Waals surface area contributed by atoms with Gasteiger partial charge in [-0.25, -0.2) is 19.8 Å². The zero-order valence-corrected chi connectivity index (χ0v) is 17.6. The molecule has 8 heteroatoms. The van der Waals surface area contributed by atoms with E-state index in [4.69, 9.17) is 10.2 Å². The van der Waals surface area contributed by atoms with Crippen molar-refractivity contribution in [2.75, 3.05) is 19.0 Å². The monoisotopic (exact) mass is 416 g/mol. The number of amides is 2. The second-order valence-corrected chi connectivity index (χ2v) is 8.15. The fourth-order valence-corrected chi connectivity index (χ4v) is 4.47. The standard InChI is InChI=1S/C22H20N6OS/c1-13-19(21-26-17(12-30-21)15-6-4-14(10-23)5-7-15)20(27-22(29)25-13)16-8-9-18(24-11-16)28(2)3/h4-9,11-12,19-20H,1-3H3,(H,27,29). The van der Waals surface area contributed by atoms with Crippen LogP contribution in [0.15, 0.2) is 53.0 Å². The van der Waals surface area contributed by atoms with Crippen LogP contribution in [0.4, 0.5) is 10.6 Å². The number of aliphatic imine (C=N–C) groups is 1. The summed E-state index contributed by atoms with van der Waals surface area (Å²) >= 11 is 1.54. The summed E-state index contributed by atoms with van der Waals surface area (Å²) in [5.41, 5.74) is 4.02. The molecule has 1 aromatic carbocycles. The number of thiazole rings is 1. The molecule has 0 aliphatic carbocycles. The van der Waals surface area contributed by atoms with Gasteiger partial charge in [-0.3, -0.25) is 0 Å². The first-order chi connectivity index (χ1) is 14.5. The van der Waals surface area contributed by atoms with E-state index in [9.17, 15) is 4.79 Å². The number of benzene rings is 1. The molecule has 0 bridgehead atoms. The van der Waals surface area contributed by atoms with Gasteiger partial charge in [0.25, 0.3) is 0 Å². The predicted molar refractivity (Wildman–Crippen MR) is 118 cm³/mol. The van der Waals surface area contributed by atoms with Crippen LogP contribution < -0.4 is 10.2 Å². The van der Waals surface area contributed by atoms with Gasteiger partial charge in [-0.15, -0.1) is 11.3 Å². The van der Waals surface area contributed by atoms with E-state index in [-0.39, 0.29) is 18.0 Å². The van der Waals surface area contributed by atoms with E-state index in [1.54, 1.807) is 18.3 Å². The van der Waals surface area contributed by atoms with Gasteiger partial charge in [0.2, 0.25) is 0 Å². The van der Waals surface area contributed by atoms with E-state index in [0.717, 1.165) is 33.4 Å². The summed E-state index contributed by atoms with van der Waals surface area (Å²) < 4.78 is 0. The molecule has 1 aliphatic rings. The Morgan fingerprint density at radius 2 is 1.93 bits per heavy atom. The van der Waals surface area contributed by atoms with Crippen LogP contribution in [-0.2, 0) is 0 Å². The SMILES string of the molecule is CC1=NC(=O)NC(c2ccc(N(C)C)nc2)C1c1nc(-c2ccc(C#N)cc2)cs1. The molecule has 1 aliphatic heterocycles. The molecular formula is C22H20N6OS. The fraction of sp³-hybridized carbons (Fsp3) is 0.227. The van der Waals surface area contributed by atoms with Gasteiger partial charge >= 0.3 is 6.03 Å². The molecule has 0 radical (unpaired) electrons. The van der Waals surface area contributed by atoms with Crippen molar-refractivity contribution in [1.82, 2.24) is 15.3 Å². The molecular weight excluding hydrogens is 396 g/mol. The highest BCUT2D eigenvalue weighted by Gasteiger charge is 2.35. The molecule has 2 unspecified atom stereocenters. The summed E-state index contributed by atoms with van der Waals surface area (Å²) in [7, 11) is 3.87. The van der Waals surface area contributed by atoms with Gasteiger partial charge < -0.3 is 10.2 Å². The number of aromatic nitrogens is 2. The first-order valence-electron chi connectivity index (χ1n) is 9.41. The number of pyridine rings is 1. The third-order valence-electron chi connectivity index (χ3n) is 5.03. The number of hydrogen-bond donors (Lipinski definition) is 1. The summed E-state index contributed by atoms with van der Waals surface area (Å²) in [4.78, 5) is 27.5. The number of nitrogens with one attached hydrogen (secondary N) is 1. The molecule has 1 N–H and O–H groups in total. The van der Waals surface area contributed by atoms with Crippen molar-refractivity contribution in [2.45, 2.75) is 18.9 Å². The Morgan fingerprint density at radius 1 is 1.17 bits per heavy atom. The summed E-state index contributed by atoms with van der Waals surface area (Å²) in [6.07, 6.45) is 1.79. The van der Waals surface area contributed by atoms with E-state index >= 15 is 0 Å². The Kier molecular flexibility index (Phi) is 5.29. The maximum absolute atomic E-state index is 12.1. The lowest BCUT2D eigenvalue weighted by Crippen LogP contribution is -2.38. The van der Waals surface area contributed by atoms with Gasteiger partial charge in [-0.05, 0) is 30.7 Å². The van der Waals surface area contributed by atoms with Crippen LogP contribution in [0.1, 0.15) is 35.0 Å². The fourth-order valence-electron chi connectivity index (χ4n) is 3.44. The first-order valence-corrected chi connectivity index (χ1v) is 10.3. The third kappa shape index (κ3) is 3.80. The van der Waals surface area contributed by atoms with Crippen molar-refractivity contribution in [3.8, 4) is 17.3 Å². The molecule has 30 heavy (non-hydrogen) atoms. The molecule has 2 aromatic heterocycles. The summed E-state index contributed by atoms with van der Waals surface area (Å²) in [5.74, 6) is 0.673. The van der Waals surface area contributed by atoms with Gasteiger partial charge in [0, 0.05) is 36.9 Å². The van der Waals surface area contributed by atoms with Crippen molar-refractivity contribution in [1.29, 1.82) is 5.26 Å². The minimum absolute atomic E-state index is 0.174. The summed E-state index contributed by atoms with van der Waals surface area (Å²) in [5, 5.41) is 14.8. The number of carbonyl (C=O) groups excluding carboxylic acids is 1. The van der Waals surface area contributed by atoms with E-state index in [2.05, 4.69) is 21.4 Å². The average Bonchev–Trinajstić information content (AvgIpc) is 3.23. The zero-order valence-electron chi connectivity index (χ0n) is 16.8. The van der Waals surface area contributed by atoms with E-state index < -0.39 is 0 Å². The van der Waals surface area contributed by atoms with Crippen molar-refractivity contribution in [3.05, 3.63) is 64.1 Å². The van der Waals surface area contributed by atoms with Gasteiger partial charge in [-0.1, -0.05) is 18.2 Å². The molecule has 2 atom stereocenters. The van der Waals surface area contributed by atoms with Crippen LogP contribution in [0.3, 0.4) is 0 Å². The lowest BCUT2D eigenvalue weighted by Gasteiger charge is -2.30. The normalized spacial score (nSPS) is 18.3. The third-order valence-corrected chi connectivity index (χ3v) is 5.95. The van der Waals surface area contributed by atoms with E-state index in [1.165, 1.54) is 11.3 Å². The molecule has 0 saturated carbocycles. The van der Waals surface area contributed by atoms with Crippen LogP contribution in [-0.4, -0.2) is 35.8 Å². The Morgan fingerprint density at radius 3 is 2.57 bits per heavy atom. The van der Waals surface area contributed by atoms with Crippen LogP contribution in [0, 0.1) is 11.3 Å². The molecule has 2 amide bonds. The molecule has 7 nitrogen and oxygen atoms in total. The number of rotatable bonds is 4. The lowest BCUT2D eigenvalue weighted by molar-refractivity contribution is 0.243. The maximum Gasteiger partial charge on any atom is 0.341 e. The summed E-state index contributed by atoms with van der Waals surface area (Å²) in [6.45, 7) is 1.86. The first kappa shape index (κ1) is 19.7. The molecule has 0 spiro atoms. The second-order valence-electron chi connectivity index (χ2n) is 7.26. The number of urea groups is 1. The molecule has 0 fully saturated rings. The minimum Gasteiger partial charge on any atom is -0.363 e. The van der Waals surface area contributed by atoms with Gasteiger partial charge in [0.15, 0.2) is 0 Å². The van der Waals surface area contributed by atoms with Crippen LogP contribution in [0.5, 0.6) is 0 Å². The molecule has 3 aromatic rings. The van der Waals surface area contributed by atoms with Crippen LogP contribution in [0.2, 0.25) is 0 Å². The van der Waals surface area contributed by atoms with E-state index in [1.807, 2.05) is 55.6 Å². The predicted octanol–water partition coefficient (Wildman–Crippen LogP) is 4.15. The summed E-state index contributed by atoms with van der Waals surface area (Å²) in [6, 6.07) is 12.7. The van der Waals surface area contributed by atoms with Gasteiger partial charge in [0.1, 0.15) is 10.8 Å². The van der Waals surface area contributed by atoms with Crippen LogP contribution in [0.25, 0.3) is 11.3 Å². The molecule has 4 rings (SSSR count). The maximum atomic E-state index is 12.1. The van der Waals surface area contributed by atoms with Crippen molar-refractivity contribution < 1.29 is 4.79 Å². The van der Waals surface area contributed by atoms with Gasteiger partial charge in [0.05, 0.1) is 29.3 Å². The highest BCUT2D eigenvalue weighted by molar-refractivity contribution is 7.10. The average molecular weight is 417 g/mol. The Labute approximate surface area is 178 Å². The van der Waals surface area contributed by atoms with Crippen molar-refractivity contribution in [3.63, 3.8) is 0 Å². The zero-order chi connectivity index (χ0) is 21.3. The number of hydrogen-bond acceptors (Lipinski definition) is 6. The molecule has 3 heterocycles. The smallest absolute Gasteiger partial charge is 0.341 e. The molecule has 150 valence electrons. The van der Waals surface area contributed by atoms with Gasteiger partial charge in [-0.2, -0.15) is 5.26 Å². The van der Waals surface area contributed by atoms with Crippen molar-refractivity contribution >= 4 is 28.9 Å². The second kappa shape index (κ2) is 8.05. The quantitative estimate of drug-likeness (QED) is 0.689. The Bertz CT molecular complexity index is 1140. The highest BCUT2D eigenvalue weighted by atomic mass is 32.1. The highest BCUT2D eigenvalue weighted by Crippen LogP contribution is 2.38. The van der Waals surface area contributed by atoms with Crippen molar-refractivity contribution in [2.24, 2.45) is 4.99 Å². The van der Waals surface area contributed by atoms with Crippen LogP contribution >= 0.6 is 11.3 Å². The molecule has 0 saturated heterocycles. The number of anilines is 1. The number of nitriles is 1. The Hall–Kier alpha value is -3.57. The lowest BCUT2D eigenvalue weighted by atomic mass is 9.89. The largest absolute Gasteiger partial charge is 0.363 e. The number of nitrogens with zero attached hydrogens (tertiary/aromatic N) is 5. The topological polar surface area (TPSA) is 94.3 Å².